The summed E-state index contributed by atoms with van der Waals surface area (Å²) < 4.78 is 11.4. The topological polar surface area (TPSA) is 38.7 Å². The van der Waals surface area contributed by atoms with Crippen molar-refractivity contribution in [2.24, 2.45) is 0 Å². The first-order valence-corrected chi connectivity index (χ1v) is 10.0. The van der Waals surface area contributed by atoms with Gasteiger partial charge in [-0.2, -0.15) is 0 Å². The molecule has 1 N–H and O–H groups in total. The van der Waals surface area contributed by atoms with Crippen molar-refractivity contribution in [3.8, 4) is 5.75 Å². The van der Waals surface area contributed by atoms with Crippen LogP contribution in [0, 0.1) is 0 Å². The Labute approximate surface area is 124 Å². The Kier molecular flexibility index (Phi) is 5.80. The molecular weight excluding hydrogens is 268 g/mol. The molecule has 20 heavy (non-hydrogen) atoms. The Morgan fingerprint density at radius 2 is 1.80 bits per heavy atom. The summed E-state index contributed by atoms with van der Waals surface area (Å²) >= 11 is 0. The molecule has 1 rings (SSSR count). The molecule has 0 bridgehead atoms. The first-order chi connectivity index (χ1) is 9.17. The number of aliphatic hydroxyl groups excluding tert-OH is 1. The zero-order chi connectivity index (χ0) is 15.4. The maximum atomic E-state index is 10.2. The van der Waals surface area contributed by atoms with Gasteiger partial charge in [-0.05, 0) is 29.8 Å². The Balaban J connectivity index is 2.58. The van der Waals surface area contributed by atoms with Gasteiger partial charge in [0.25, 0.3) is 0 Å². The van der Waals surface area contributed by atoms with E-state index in [1.807, 2.05) is 24.3 Å². The summed E-state index contributed by atoms with van der Waals surface area (Å²) in [5, 5.41) is 10.4. The SMILES string of the molecule is COc1ccccc1CC(O)CO[Si](C)(C)C(C)(C)C. The summed E-state index contributed by atoms with van der Waals surface area (Å²) in [4.78, 5) is 0. The molecule has 0 fully saturated rings. The summed E-state index contributed by atoms with van der Waals surface area (Å²) in [7, 11) is -0.148. The predicted octanol–water partition coefficient (Wildman–Crippen LogP) is 3.62. The first-order valence-electron chi connectivity index (χ1n) is 7.11. The number of aliphatic hydroxyl groups is 1. The van der Waals surface area contributed by atoms with Crippen molar-refractivity contribution in [1.29, 1.82) is 0 Å². The van der Waals surface area contributed by atoms with Gasteiger partial charge in [0, 0.05) is 6.42 Å². The second-order valence-corrected chi connectivity index (χ2v) is 11.6. The number of rotatable bonds is 6. The van der Waals surface area contributed by atoms with Crippen LogP contribution in [0.1, 0.15) is 26.3 Å². The third-order valence-electron chi connectivity index (χ3n) is 4.09. The van der Waals surface area contributed by atoms with E-state index in [1.165, 1.54) is 0 Å². The second-order valence-electron chi connectivity index (χ2n) is 6.74. The number of methoxy groups -OCH3 is 1. The van der Waals surface area contributed by atoms with E-state index < -0.39 is 14.4 Å². The molecule has 0 saturated heterocycles. The fourth-order valence-corrected chi connectivity index (χ4v) is 2.75. The van der Waals surface area contributed by atoms with E-state index in [4.69, 9.17) is 9.16 Å². The molecule has 1 aromatic carbocycles. The Hall–Kier alpha value is -0.843. The molecule has 0 aliphatic carbocycles. The van der Waals surface area contributed by atoms with Crippen LogP contribution in [0.5, 0.6) is 5.75 Å². The smallest absolute Gasteiger partial charge is 0.192 e. The zero-order valence-corrected chi connectivity index (χ0v) is 14.6. The van der Waals surface area contributed by atoms with Crippen LogP contribution in [-0.4, -0.2) is 33.2 Å². The normalized spacial score (nSPS) is 14.2. The average molecular weight is 296 g/mol. The minimum Gasteiger partial charge on any atom is -0.496 e. The minimum absolute atomic E-state index is 0.164. The highest BCUT2D eigenvalue weighted by Crippen LogP contribution is 2.36. The van der Waals surface area contributed by atoms with Crippen LogP contribution in [0.4, 0.5) is 0 Å². The molecule has 4 heteroatoms. The van der Waals surface area contributed by atoms with E-state index in [0.717, 1.165) is 11.3 Å². The number of benzene rings is 1. The van der Waals surface area contributed by atoms with E-state index in [0.29, 0.717) is 13.0 Å². The Bertz CT molecular complexity index is 424. The van der Waals surface area contributed by atoms with Crippen LogP contribution in [0.3, 0.4) is 0 Å². The van der Waals surface area contributed by atoms with Gasteiger partial charge in [-0.25, -0.2) is 0 Å². The standard InChI is InChI=1S/C16H28O3Si/c1-16(2,3)20(5,6)19-12-14(17)11-13-9-7-8-10-15(13)18-4/h7-10,14,17H,11-12H2,1-6H3. The highest BCUT2D eigenvalue weighted by atomic mass is 28.4. The molecule has 0 heterocycles. The van der Waals surface area contributed by atoms with E-state index >= 15 is 0 Å². The molecule has 0 radical (unpaired) electrons. The lowest BCUT2D eigenvalue weighted by Gasteiger charge is -2.36. The van der Waals surface area contributed by atoms with Gasteiger partial charge >= 0.3 is 0 Å². The maximum absolute atomic E-state index is 10.2. The Morgan fingerprint density at radius 1 is 1.20 bits per heavy atom. The van der Waals surface area contributed by atoms with E-state index in [2.05, 4.69) is 33.9 Å². The molecule has 1 unspecified atom stereocenters. The van der Waals surface area contributed by atoms with Crippen LogP contribution in [0.25, 0.3) is 0 Å². The van der Waals surface area contributed by atoms with Crippen molar-refractivity contribution in [3.63, 3.8) is 0 Å². The van der Waals surface area contributed by atoms with E-state index in [1.54, 1.807) is 7.11 Å². The number of ether oxygens (including phenoxy) is 1. The fourth-order valence-electron chi connectivity index (χ4n) is 1.71. The molecule has 0 saturated carbocycles. The van der Waals surface area contributed by atoms with Gasteiger partial charge < -0.3 is 14.3 Å². The molecule has 0 aliphatic rings. The van der Waals surface area contributed by atoms with Crippen molar-refractivity contribution in [1.82, 2.24) is 0 Å². The largest absolute Gasteiger partial charge is 0.496 e. The van der Waals surface area contributed by atoms with Crippen molar-refractivity contribution in [2.45, 2.75) is 51.4 Å². The summed E-state index contributed by atoms with van der Waals surface area (Å²) in [6.45, 7) is 11.4. The third-order valence-corrected chi connectivity index (χ3v) is 8.59. The van der Waals surface area contributed by atoms with Crippen molar-refractivity contribution in [3.05, 3.63) is 29.8 Å². The quantitative estimate of drug-likeness (QED) is 0.815. The van der Waals surface area contributed by atoms with Crippen LogP contribution >= 0.6 is 0 Å². The maximum Gasteiger partial charge on any atom is 0.192 e. The third kappa shape index (κ3) is 4.61. The lowest BCUT2D eigenvalue weighted by atomic mass is 10.1. The highest BCUT2D eigenvalue weighted by Gasteiger charge is 2.37. The summed E-state index contributed by atoms with van der Waals surface area (Å²) in [6.07, 6.45) is 0.0546. The highest BCUT2D eigenvalue weighted by molar-refractivity contribution is 6.74. The van der Waals surface area contributed by atoms with Crippen LogP contribution in [-0.2, 0) is 10.8 Å². The molecule has 1 aromatic rings. The van der Waals surface area contributed by atoms with Gasteiger partial charge in [-0.15, -0.1) is 0 Å². The van der Waals surface area contributed by atoms with Crippen LogP contribution in [0.2, 0.25) is 18.1 Å². The van der Waals surface area contributed by atoms with Crippen molar-refractivity contribution < 1.29 is 14.3 Å². The fraction of sp³-hybridized carbons (Fsp3) is 0.625. The van der Waals surface area contributed by atoms with Crippen molar-refractivity contribution >= 4 is 8.32 Å². The summed E-state index contributed by atoms with van der Waals surface area (Å²) in [5.74, 6) is 0.818. The summed E-state index contributed by atoms with van der Waals surface area (Å²) in [5.41, 5.74) is 1.02. The van der Waals surface area contributed by atoms with Gasteiger partial charge in [0.15, 0.2) is 8.32 Å². The van der Waals surface area contributed by atoms with E-state index in [-0.39, 0.29) is 5.04 Å². The van der Waals surface area contributed by atoms with Gasteiger partial charge in [-0.3, -0.25) is 0 Å². The molecule has 0 amide bonds. The van der Waals surface area contributed by atoms with Gasteiger partial charge in [0.05, 0.1) is 19.8 Å². The first kappa shape index (κ1) is 17.2. The van der Waals surface area contributed by atoms with Crippen LogP contribution in [0.15, 0.2) is 24.3 Å². The molecule has 0 spiro atoms. The predicted molar refractivity (Wildman–Crippen MR) is 85.9 cm³/mol. The average Bonchev–Trinajstić information content (AvgIpc) is 2.36. The van der Waals surface area contributed by atoms with Crippen molar-refractivity contribution in [2.75, 3.05) is 13.7 Å². The number of para-hydroxylation sites is 1. The van der Waals surface area contributed by atoms with Crippen LogP contribution < -0.4 is 4.74 Å². The summed E-state index contributed by atoms with van der Waals surface area (Å²) in [6, 6.07) is 7.78. The Morgan fingerprint density at radius 3 is 2.35 bits per heavy atom. The molecular formula is C16H28O3Si. The van der Waals surface area contributed by atoms with Gasteiger partial charge in [0.1, 0.15) is 5.75 Å². The van der Waals surface area contributed by atoms with Gasteiger partial charge in [0.2, 0.25) is 0 Å². The lowest BCUT2D eigenvalue weighted by Crippen LogP contribution is -2.42. The molecule has 114 valence electrons. The molecule has 0 aliphatic heterocycles. The van der Waals surface area contributed by atoms with Gasteiger partial charge in [-0.1, -0.05) is 39.0 Å². The molecule has 1 atom stereocenters. The lowest BCUT2D eigenvalue weighted by molar-refractivity contribution is 0.0995. The number of hydrogen-bond donors (Lipinski definition) is 1. The van der Waals surface area contributed by atoms with E-state index in [9.17, 15) is 5.11 Å². The minimum atomic E-state index is -1.80. The second kappa shape index (κ2) is 6.74. The monoisotopic (exact) mass is 296 g/mol. The molecule has 3 nitrogen and oxygen atoms in total. The molecule has 0 aromatic heterocycles. The zero-order valence-electron chi connectivity index (χ0n) is 13.6. The number of hydrogen-bond acceptors (Lipinski definition) is 3.